The summed E-state index contributed by atoms with van der Waals surface area (Å²) >= 11 is 0. The molecule has 1 unspecified atom stereocenters. The van der Waals surface area contributed by atoms with E-state index >= 15 is 0 Å². The van der Waals surface area contributed by atoms with E-state index in [2.05, 4.69) is 18.1 Å². The molecule has 2 aromatic carbocycles. The Labute approximate surface area is 176 Å². The zero-order chi connectivity index (χ0) is 21.4. The van der Waals surface area contributed by atoms with Crippen LogP contribution in [0.5, 0.6) is 0 Å². The Morgan fingerprint density at radius 2 is 1.80 bits per heavy atom. The van der Waals surface area contributed by atoms with Gasteiger partial charge in [-0.15, -0.1) is 0 Å². The molecule has 0 bridgehead atoms. The average Bonchev–Trinajstić information content (AvgIpc) is 3.48. The Morgan fingerprint density at radius 3 is 2.43 bits per heavy atom. The van der Waals surface area contributed by atoms with Gasteiger partial charge in [0.15, 0.2) is 0 Å². The number of hydrogen-bond acceptors (Lipinski definition) is 3. The van der Waals surface area contributed by atoms with Gasteiger partial charge in [0.25, 0.3) is 5.91 Å². The van der Waals surface area contributed by atoms with E-state index in [9.17, 15) is 14.0 Å². The maximum absolute atomic E-state index is 13.4. The summed E-state index contributed by atoms with van der Waals surface area (Å²) in [6.07, 6.45) is 2.34. The van der Waals surface area contributed by atoms with Gasteiger partial charge in [0.05, 0.1) is 11.8 Å². The minimum absolute atomic E-state index is 0.0132. The van der Waals surface area contributed by atoms with Gasteiger partial charge in [0, 0.05) is 19.4 Å². The third kappa shape index (κ3) is 4.13. The van der Waals surface area contributed by atoms with Crippen molar-refractivity contribution in [2.75, 3.05) is 13.6 Å². The molecule has 30 heavy (non-hydrogen) atoms. The number of hydrogen-bond donors (Lipinski definition) is 0. The number of aryl methyl sites for hydroxylation is 2. The average molecular weight is 407 g/mol. The molecule has 5 nitrogen and oxygen atoms in total. The van der Waals surface area contributed by atoms with Gasteiger partial charge in [0.1, 0.15) is 12.4 Å². The van der Waals surface area contributed by atoms with Crippen LogP contribution in [0.15, 0.2) is 47.6 Å². The van der Waals surface area contributed by atoms with Crippen LogP contribution in [0.3, 0.4) is 0 Å². The molecule has 0 saturated heterocycles. The molecule has 156 valence electrons. The van der Waals surface area contributed by atoms with Crippen LogP contribution in [0, 0.1) is 25.6 Å². The normalized spacial score (nSPS) is 18.3. The zero-order valence-corrected chi connectivity index (χ0v) is 17.6. The molecular weight excluding hydrogens is 381 g/mol. The van der Waals surface area contributed by atoms with E-state index in [0.717, 1.165) is 35.2 Å². The van der Waals surface area contributed by atoms with Crippen molar-refractivity contribution in [1.29, 1.82) is 0 Å². The number of halogens is 1. The van der Waals surface area contributed by atoms with E-state index in [4.69, 9.17) is 0 Å². The van der Waals surface area contributed by atoms with Crippen LogP contribution < -0.4 is 0 Å². The highest BCUT2D eigenvalue weighted by Gasteiger charge is 2.36. The second-order valence-electron chi connectivity index (χ2n) is 8.32. The molecule has 1 fully saturated rings. The van der Waals surface area contributed by atoms with Crippen molar-refractivity contribution >= 4 is 17.5 Å². The smallest absolute Gasteiger partial charge is 0.262 e. The van der Waals surface area contributed by atoms with Crippen LogP contribution in [-0.2, 0) is 9.59 Å². The number of nitrogens with zero attached hydrogens (tertiary/aromatic N) is 3. The molecule has 2 aromatic rings. The highest BCUT2D eigenvalue weighted by molar-refractivity contribution is 6.03. The van der Waals surface area contributed by atoms with E-state index in [-0.39, 0.29) is 36.1 Å². The Balaban J connectivity index is 1.61. The quantitative estimate of drug-likeness (QED) is 0.753. The van der Waals surface area contributed by atoms with Gasteiger partial charge in [-0.2, -0.15) is 5.10 Å². The lowest BCUT2D eigenvalue weighted by Gasteiger charge is -2.25. The first-order chi connectivity index (χ1) is 14.3. The van der Waals surface area contributed by atoms with Crippen LogP contribution in [0.2, 0.25) is 0 Å². The maximum Gasteiger partial charge on any atom is 0.262 e. The van der Waals surface area contributed by atoms with Crippen LogP contribution in [0.4, 0.5) is 4.39 Å². The first kappa shape index (κ1) is 20.3. The van der Waals surface area contributed by atoms with Gasteiger partial charge < -0.3 is 4.90 Å². The minimum atomic E-state index is -0.320. The van der Waals surface area contributed by atoms with Crippen molar-refractivity contribution in [1.82, 2.24) is 9.91 Å². The molecule has 2 aliphatic rings. The predicted molar refractivity (Wildman–Crippen MR) is 113 cm³/mol. The summed E-state index contributed by atoms with van der Waals surface area (Å²) in [7, 11) is 1.66. The zero-order valence-electron chi connectivity index (χ0n) is 17.6. The molecule has 1 heterocycles. The van der Waals surface area contributed by atoms with Gasteiger partial charge in [-0.3, -0.25) is 9.59 Å². The van der Waals surface area contributed by atoms with Gasteiger partial charge >= 0.3 is 0 Å². The minimum Gasteiger partial charge on any atom is -0.336 e. The SMILES string of the molecule is Cc1ccc(C2=NN(C(=O)CN(C)C(=O)C3CC3)C(c3ccc(F)cc3)C2)cc1C. The molecule has 1 aliphatic heterocycles. The molecule has 0 N–H and O–H groups in total. The summed E-state index contributed by atoms with van der Waals surface area (Å²) in [5.74, 6) is -0.484. The highest BCUT2D eigenvalue weighted by atomic mass is 19.1. The fraction of sp³-hybridized carbons (Fsp3) is 0.375. The summed E-state index contributed by atoms with van der Waals surface area (Å²) in [4.78, 5) is 26.9. The molecule has 0 aromatic heterocycles. The number of hydrazone groups is 1. The summed E-state index contributed by atoms with van der Waals surface area (Å²) in [5, 5.41) is 6.12. The molecule has 4 rings (SSSR count). The van der Waals surface area contributed by atoms with Crippen molar-refractivity contribution in [3.63, 3.8) is 0 Å². The second-order valence-corrected chi connectivity index (χ2v) is 8.32. The Hall–Kier alpha value is -3.02. The van der Waals surface area contributed by atoms with Gasteiger partial charge in [-0.05, 0) is 67.1 Å². The van der Waals surface area contributed by atoms with Crippen molar-refractivity contribution in [2.24, 2.45) is 11.0 Å². The molecule has 1 atom stereocenters. The van der Waals surface area contributed by atoms with Gasteiger partial charge in [-0.25, -0.2) is 9.40 Å². The number of amides is 2. The van der Waals surface area contributed by atoms with Crippen molar-refractivity contribution < 1.29 is 14.0 Å². The standard InChI is InChI=1S/C24H26FN3O2/c1-15-4-5-19(12-16(15)2)21-13-22(17-8-10-20(25)11-9-17)28(26-21)23(29)14-27(3)24(30)18-6-7-18/h4-5,8-12,18,22H,6-7,13-14H2,1-3H3. The lowest BCUT2D eigenvalue weighted by Crippen LogP contribution is -2.39. The second kappa shape index (κ2) is 8.01. The maximum atomic E-state index is 13.4. The fourth-order valence-electron chi connectivity index (χ4n) is 3.78. The Bertz CT molecular complexity index is 1010. The van der Waals surface area contributed by atoms with E-state index in [1.807, 2.05) is 19.1 Å². The summed E-state index contributed by atoms with van der Waals surface area (Å²) < 4.78 is 13.4. The van der Waals surface area contributed by atoms with E-state index in [1.54, 1.807) is 19.2 Å². The van der Waals surface area contributed by atoms with Gasteiger partial charge in [-0.1, -0.05) is 24.3 Å². The Kier molecular flexibility index (Phi) is 5.41. The summed E-state index contributed by atoms with van der Waals surface area (Å²) in [5.41, 5.74) is 4.97. The number of carbonyl (C=O) groups excluding carboxylic acids is 2. The largest absolute Gasteiger partial charge is 0.336 e. The lowest BCUT2D eigenvalue weighted by atomic mass is 9.96. The van der Waals surface area contributed by atoms with Crippen LogP contribution >= 0.6 is 0 Å². The summed E-state index contributed by atoms with van der Waals surface area (Å²) in [6.45, 7) is 4.09. The molecule has 6 heteroatoms. The first-order valence-electron chi connectivity index (χ1n) is 10.3. The van der Waals surface area contributed by atoms with Crippen LogP contribution in [0.1, 0.15) is 47.6 Å². The van der Waals surface area contributed by atoms with Gasteiger partial charge in [0.2, 0.25) is 5.91 Å². The van der Waals surface area contributed by atoms with Crippen LogP contribution in [0.25, 0.3) is 0 Å². The molecular formula is C24H26FN3O2. The third-order valence-electron chi connectivity index (χ3n) is 5.94. The van der Waals surface area contributed by atoms with E-state index < -0.39 is 0 Å². The number of carbonyl (C=O) groups is 2. The first-order valence-corrected chi connectivity index (χ1v) is 10.3. The molecule has 0 radical (unpaired) electrons. The van der Waals surface area contributed by atoms with Crippen molar-refractivity contribution in [3.05, 3.63) is 70.5 Å². The topological polar surface area (TPSA) is 53.0 Å². The molecule has 2 amide bonds. The number of benzene rings is 2. The molecule has 1 saturated carbocycles. The van der Waals surface area contributed by atoms with Crippen molar-refractivity contribution in [2.45, 2.75) is 39.2 Å². The van der Waals surface area contributed by atoms with Crippen molar-refractivity contribution in [3.8, 4) is 0 Å². The van der Waals surface area contributed by atoms with Crippen LogP contribution in [-0.4, -0.2) is 41.0 Å². The fourth-order valence-corrected chi connectivity index (χ4v) is 3.78. The van der Waals surface area contributed by atoms with E-state index in [1.165, 1.54) is 27.6 Å². The number of rotatable bonds is 5. The number of likely N-dealkylation sites (N-methyl/N-ethyl adjacent to an activating group) is 1. The lowest BCUT2D eigenvalue weighted by molar-refractivity contribution is -0.141. The highest BCUT2D eigenvalue weighted by Crippen LogP contribution is 2.34. The predicted octanol–water partition coefficient (Wildman–Crippen LogP) is 3.99. The molecule has 1 aliphatic carbocycles. The van der Waals surface area contributed by atoms with E-state index in [0.29, 0.717) is 6.42 Å². The summed E-state index contributed by atoms with van der Waals surface area (Å²) in [6, 6.07) is 12.0. The molecule has 0 spiro atoms. The Morgan fingerprint density at radius 1 is 1.10 bits per heavy atom. The monoisotopic (exact) mass is 407 g/mol. The third-order valence-corrected chi connectivity index (χ3v) is 5.94.